The Labute approximate surface area is 133 Å². The van der Waals surface area contributed by atoms with E-state index in [1.54, 1.807) is 6.21 Å². The molecule has 0 aliphatic heterocycles. The molecule has 0 fully saturated rings. The number of nitrogens with one attached hydrogen (secondary N) is 1. The van der Waals surface area contributed by atoms with E-state index in [1.807, 2.05) is 0 Å². The SMILES string of the molecule is CCCCCCCCCC/C=N/N(OC(=O)C(C)O)C(=N)N. The molecule has 0 bridgehead atoms. The molecule has 7 heteroatoms. The van der Waals surface area contributed by atoms with Crippen LogP contribution in [0.15, 0.2) is 5.10 Å². The van der Waals surface area contributed by atoms with Crippen LogP contribution >= 0.6 is 0 Å². The second kappa shape index (κ2) is 13.1. The third-order valence-electron chi connectivity index (χ3n) is 3.10. The lowest BCUT2D eigenvalue weighted by Gasteiger charge is -2.15. The van der Waals surface area contributed by atoms with Gasteiger partial charge in [0, 0.05) is 6.21 Å². The Balaban J connectivity index is 3.79. The quantitative estimate of drug-likeness (QED) is 0.235. The van der Waals surface area contributed by atoms with Crippen LogP contribution in [-0.4, -0.2) is 34.5 Å². The fourth-order valence-electron chi connectivity index (χ4n) is 1.80. The van der Waals surface area contributed by atoms with Gasteiger partial charge in [-0.3, -0.25) is 5.41 Å². The van der Waals surface area contributed by atoms with Gasteiger partial charge in [0.05, 0.1) is 0 Å². The maximum atomic E-state index is 11.2. The van der Waals surface area contributed by atoms with Gasteiger partial charge in [-0.1, -0.05) is 57.0 Å². The number of unbranched alkanes of at least 4 members (excludes halogenated alkanes) is 8. The highest BCUT2D eigenvalue weighted by Crippen LogP contribution is 2.09. The van der Waals surface area contributed by atoms with Crippen LogP contribution in [0.3, 0.4) is 0 Å². The van der Waals surface area contributed by atoms with Crippen LogP contribution in [0.4, 0.5) is 0 Å². The summed E-state index contributed by atoms with van der Waals surface area (Å²) in [4.78, 5) is 15.9. The number of rotatable bonds is 11. The molecule has 0 heterocycles. The van der Waals surface area contributed by atoms with E-state index < -0.39 is 18.0 Å². The summed E-state index contributed by atoms with van der Waals surface area (Å²) in [5.41, 5.74) is 5.24. The second-order valence-electron chi connectivity index (χ2n) is 5.31. The Hall–Kier alpha value is -1.63. The summed E-state index contributed by atoms with van der Waals surface area (Å²) in [5, 5.41) is 20.7. The van der Waals surface area contributed by atoms with Gasteiger partial charge in [-0.2, -0.15) is 0 Å². The Morgan fingerprint density at radius 1 is 1.27 bits per heavy atom. The Morgan fingerprint density at radius 2 is 1.82 bits per heavy atom. The zero-order chi connectivity index (χ0) is 16.8. The second-order valence-corrected chi connectivity index (χ2v) is 5.31. The molecule has 4 N–H and O–H groups in total. The van der Waals surface area contributed by atoms with Crippen molar-refractivity contribution in [2.24, 2.45) is 10.8 Å². The molecule has 0 saturated heterocycles. The monoisotopic (exact) mass is 314 g/mol. The van der Waals surface area contributed by atoms with Gasteiger partial charge in [0.1, 0.15) is 0 Å². The van der Waals surface area contributed by atoms with Gasteiger partial charge < -0.3 is 15.7 Å². The fourth-order valence-corrected chi connectivity index (χ4v) is 1.80. The molecule has 1 atom stereocenters. The van der Waals surface area contributed by atoms with Crippen molar-refractivity contribution in [2.75, 3.05) is 0 Å². The number of carbonyl (C=O) groups is 1. The van der Waals surface area contributed by atoms with Gasteiger partial charge in [-0.15, -0.1) is 5.10 Å². The van der Waals surface area contributed by atoms with Gasteiger partial charge in [-0.25, -0.2) is 4.79 Å². The molecule has 128 valence electrons. The molecule has 0 aliphatic carbocycles. The van der Waals surface area contributed by atoms with Crippen molar-refractivity contribution in [3.8, 4) is 0 Å². The van der Waals surface area contributed by atoms with Crippen LogP contribution < -0.4 is 5.73 Å². The Bertz CT molecular complexity index is 346. The molecule has 22 heavy (non-hydrogen) atoms. The van der Waals surface area contributed by atoms with Crippen molar-refractivity contribution in [1.29, 1.82) is 5.41 Å². The predicted molar refractivity (Wildman–Crippen MR) is 87.2 cm³/mol. The zero-order valence-electron chi connectivity index (χ0n) is 13.8. The Morgan fingerprint density at radius 3 is 2.32 bits per heavy atom. The number of carbonyl (C=O) groups excluding carboxylic acids is 1. The highest BCUT2D eigenvalue weighted by Gasteiger charge is 2.16. The number of hydroxylamine groups is 1. The lowest BCUT2D eigenvalue weighted by atomic mass is 10.1. The molecule has 0 aromatic heterocycles. The molecule has 1 unspecified atom stereocenters. The van der Waals surface area contributed by atoms with Gasteiger partial charge in [-0.05, 0) is 19.8 Å². The highest BCUT2D eigenvalue weighted by atomic mass is 16.7. The van der Waals surface area contributed by atoms with E-state index in [2.05, 4.69) is 16.9 Å². The van der Waals surface area contributed by atoms with E-state index >= 15 is 0 Å². The number of nitrogens with two attached hydrogens (primary N) is 1. The normalized spacial score (nSPS) is 12.3. The first-order chi connectivity index (χ1) is 10.5. The van der Waals surface area contributed by atoms with Crippen molar-refractivity contribution in [2.45, 2.75) is 77.7 Å². The van der Waals surface area contributed by atoms with Crippen molar-refractivity contribution in [3.05, 3.63) is 0 Å². The van der Waals surface area contributed by atoms with E-state index in [0.29, 0.717) is 5.17 Å². The molecule has 0 spiro atoms. The molecule has 7 nitrogen and oxygen atoms in total. The Kier molecular flexibility index (Phi) is 12.1. The molecular formula is C15H30N4O3. The number of guanidine groups is 1. The summed E-state index contributed by atoms with van der Waals surface area (Å²) in [6.07, 6.45) is 10.8. The van der Waals surface area contributed by atoms with Crippen LogP contribution in [0.1, 0.15) is 71.6 Å². The first kappa shape index (κ1) is 20.4. The zero-order valence-corrected chi connectivity index (χ0v) is 13.8. The van der Waals surface area contributed by atoms with Crippen LogP contribution in [0.25, 0.3) is 0 Å². The maximum Gasteiger partial charge on any atom is 0.362 e. The average Bonchev–Trinajstić information content (AvgIpc) is 2.47. The van der Waals surface area contributed by atoms with E-state index in [9.17, 15) is 4.79 Å². The van der Waals surface area contributed by atoms with Gasteiger partial charge in [0.2, 0.25) is 5.96 Å². The smallest absolute Gasteiger partial charge is 0.362 e. The van der Waals surface area contributed by atoms with Crippen molar-refractivity contribution >= 4 is 18.1 Å². The number of hydrogen-bond donors (Lipinski definition) is 3. The van der Waals surface area contributed by atoms with Crippen LogP contribution in [0.2, 0.25) is 0 Å². The summed E-state index contributed by atoms with van der Waals surface area (Å²) in [6.45, 7) is 3.48. The number of hydrazone groups is 1. The third-order valence-corrected chi connectivity index (χ3v) is 3.10. The standard InChI is InChI=1S/C15H30N4O3/c1-3-4-5-6-7-8-9-10-11-12-18-19(15(16)17)22-14(21)13(2)20/h12-13,20H,3-11H2,1-2H3,(H3,16,17)/b18-12+. The molecule has 0 radical (unpaired) electrons. The summed E-state index contributed by atoms with van der Waals surface area (Å²) >= 11 is 0. The molecule has 0 saturated carbocycles. The number of aliphatic hydroxyl groups excluding tert-OH is 1. The van der Waals surface area contributed by atoms with Gasteiger partial charge >= 0.3 is 5.97 Å². The number of aliphatic hydroxyl groups is 1. The predicted octanol–water partition coefficient (Wildman–Crippen LogP) is 2.54. The molecule has 0 aromatic rings. The maximum absolute atomic E-state index is 11.2. The molecule has 0 aliphatic rings. The molecular weight excluding hydrogens is 284 g/mol. The molecule has 0 aromatic carbocycles. The van der Waals surface area contributed by atoms with Gasteiger partial charge in [0.25, 0.3) is 0 Å². The average molecular weight is 314 g/mol. The molecule has 0 amide bonds. The number of hydrogen-bond acceptors (Lipinski definition) is 5. The topological polar surface area (TPSA) is 112 Å². The van der Waals surface area contributed by atoms with Crippen molar-refractivity contribution in [3.63, 3.8) is 0 Å². The highest BCUT2D eigenvalue weighted by molar-refractivity contribution is 5.79. The minimum Gasteiger partial charge on any atom is -0.382 e. The fraction of sp³-hybridized carbons (Fsp3) is 0.800. The van der Waals surface area contributed by atoms with Gasteiger partial charge in [0.15, 0.2) is 6.10 Å². The van der Waals surface area contributed by atoms with Crippen molar-refractivity contribution in [1.82, 2.24) is 5.17 Å². The lowest BCUT2D eigenvalue weighted by molar-refractivity contribution is -0.182. The van der Waals surface area contributed by atoms with E-state index in [1.165, 1.54) is 45.4 Å². The van der Waals surface area contributed by atoms with Crippen molar-refractivity contribution < 1.29 is 14.7 Å². The van der Waals surface area contributed by atoms with Crippen LogP contribution in [0.5, 0.6) is 0 Å². The van der Waals surface area contributed by atoms with E-state index in [4.69, 9.17) is 16.2 Å². The largest absolute Gasteiger partial charge is 0.382 e. The summed E-state index contributed by atoms with van der Waals surface area (Å²) in [6, 6.07) is 0. The minimum absolute atomic E-state index is 0.513. The summed E-state index contributed by atoms with van der Waals surface area (Å²) < 4.78 is 0. The van der Waals surface area contributed by atoms with Crippen LogP contribution in [0, 0.1) is 5.41 Å². The van der Waals surface area contributed by atoms with Crippen LogP contribution in [-0.2, 0) is 9.63 Å². The summed E-state index contributed by atoms with van der Waals surface area (Å²) in [5.74, 6) is -1.42. The van der Waals surface area contributed by atoms with E-state index in [-0.39, 0.29) is 0 Å². The first-order valence-electron chi connectivity index (χ1n) is 8.05. The summed E-state index contributed by atoms with van der Waals surface area (Å²) in [7, 11) is 0. The molecule has 0 rings (SSSR count). The third kappa shape index (κ3) is 11.1. The first-order valence-corrected chi connectivity index (χ1v) is 8.05. The number of nitrogens with zero attached hydrogens (tertiary/aromatic N) is 2. The lowest BCUT2D eigenvalue weighted by Crippen LogP contribution is -2.37. The van der Waals surface area contributed by atoms with E-state index in [0.717, 1.165) is 19.3 Å². The minimum atomic E-state index is -1.29.